The number of rotatable bonds is 6. The minimum atomic E-state index is -3.51. The molecule has 0 saturated heterocycles. The van der Waals surface area contributed by atoms with Crippen molar-refractivity contribution in [3.8, 4) is 0 Å². The van der Waals surface area contributed by atoms with Gasteiger partial charge in [-0.3, -0.25) is 4.79 Å². The molecule has 0 aliphatic heterocycles. The minimum Gasteiger partial charge on any atom is -0.348 e. The summed E-state index contributed by atoms with van der Waals surface area (Å²) in [6.07, 6.45) is 3.75. The van der Waals surface area contributed by atoms with Crippen molar-refractivity contribution in [1.82, 2.24) is 14.2 Å². The highest BCUT2D eigenvalue weighted by atomic mass is 32.2. The zero-order valence-corrected chi connectivity index (χ0v) is 14.6. The highest BCUT2D eigenvalue weighted by Gasteiger charge is 2.26. The number of hydrogen-bond acceptors (Lipinski definition) is 3. The van der Waals surface area contributed by atoms with E-state index in [2.05, 4.69) is 11.9 Å². The molecule has 128 valence electrons. The second kappa shape index (κ2) is 6.07. The molecule has 7 heteroatoms. The highest BCUT2D eigenvalue weighted by Crippen LogP contribution is 2.26. The van der Waals surface area contributed by atoms with Crippen LogP contribution in [-0.2, 0) is 16.6 Å². The van der Waals surface area contributed by atoms with E-state index in [1.54, 1.807) is 30.3 Å². The van der Waals surface area contributed by atoms with Crippen LogP contribution in [0.5, 0.6) is 0 Å². The van der Waals surface area contributed by atoms with Crippen LogP contribution in [0.2, 0.25) is 0 Å². The number of amides is 1. The highest BCUT2D eigenvalue weighted by molar-refractivity contribution is 7.89. The van der Waals surface area contributed by atoms with E-state index in [1.165, 1.54) is 18.4 Å². The summed E-state index contributed by atoms with van der Waals surface area (Å²) in [6.45, 7) is 4.22. The maximum absolute atomic E-state index is 12.5. The molecule has 1 N–H and O–H groups in total. The van der Waals surface area contributed by atoms with E-state index in [0.29, 0.717) is 12.2 Å². The summed E-state index contributed by atoms with van der Waals surface area (Å²) in [5, 5.41) is 3.70. The minimum absolute atomic E-state index is 0.132. The van der Waals surface area contributed by atoms with Crippen molar-refractivity contribution < 1.29 is 13.2 Å². The van der Waals surface area contributed by atoms with E-state index in [4.69, 9.17) is 0 Å². The molecule has 1 heterocycles. The van der Waals surface area contributed by atoms with Gasteiger partial charge in [0, 0.05) is 37.6 Å². The van der Waals surface area contributed by atoms with Gasteiger partial charge in [-0.05, 0) is 37.1 Å². The zero-order chi connectivity index (χ0) is 17.5. The molecular weight excluding hydrogens is 326 g/mol. The number of benzene rings is 1. The van der Waals surface area contributed by atoms with Crippen molar-refractivity contribution in [2.75, 3.05) is 14.1 Å². The summed E-state index contributed by atoms with van der Waals surface area (Å²) in [5.41, 5.74) is 1.34. The molecule has 1 fully saturated rings. The Labute approximate surface area is 141 Å². The molecule has 0 unspecified atom stereocenters. The lowest BCUT2D eigenvalue weighted by Crippen LogP contribution is -2.27. The summed E-state index contributed by atoms with van der Waals surface area (Å²) in [4.78, 5) is 12.7. The predicted molar refractivity (Wildman–Crippen MR) is 93.5 cm³/mol. The van der Waals surface area contributed by atoms with Crippen molar-refractivity contribution in [2.24, 2.45) is 0 Å². The number of carbonyl (C=O) groups is 1. The van der Waals surface area contributed by atoms with Gasteiger partial charge in [-0.2, -0.15) is 0 Å². The average molecular weight is 347 g/mol. The lowest BCUT2D eigenvalue weighted by Gasteiger charge is -2.12. The van der Waals surface area contributed by atoms with Gasteiger partial charge in [0.1, 0.15) is 5.69 Å². The molecule has 3 rings (SSSR count). The topological polar surface area (TPSA) is 71.4 Å². The van der Waals surface area contributed by atoms with Gasteiger partial charge in [0.05, 0.1) is 4.90 Å². The second-order valence-corrected chi connectivity index (χ2v) is 8.34. The summed E-state index contributed by atoms with van der Waals surface area (Å²) < 4.78 is 27.6. The Kier molecular flexibility index (Phi) is 4.23. The van der Waals surface area contributed by atoms with Gasteiger partial charge in [-0.25, -0.2) is 12.7 Å². The van der Waals surface area contributed by atoms with E-state index >= 15 is 0 Å². The number of allylic oxidation sites excluding steroid dienone is 1. The fraction of sp³-hybridized carbons (Fsp3) is 0.353. The van der Waals surface area contributed by atoms with Crippen molar-refractivity contribution in [3.05, 3.63) is 42.6 Å². The molecule has 2 aromatic rings. The first kappa shape index (κ1) is 16.7. The molecule has 1 saturated carbocycles. The second-order valence-electron chi connectivity index (χ2n) is 6.18. The number of fused-ring (bicyclic) bond motifs is 1. The van der Waals surface area contributed by atoms with Crippen LogP contribution < -0.4 is 5.32 Å². The molecule has 1 amide bonds. The molecule has 0 atom stereocenters. The van der Waals surface area contributed by atoms with E-state index in [9.17, 15) is 13.2 Å². The van der Waals surface area contributed by atoms with Crippen molar-refractivity contribution in [3.63, 3.8) is 0 Å². The molecule has 1 aliphatic carbocycles. The van der Waals surface area contributed by atoms with Crippen LogP contribution in [0, 0.1) is 0 Å². The normalized spacial score (nSPS) is 15.0. The van der Waals surface area contributed by atoms with Crippen LogP contribution in [0.15, 0.2) is 41.8 Å². The fourth-order valence-electron chi connectivity index (χ4n) is 2.62. The van der Waals surface area contributed by atoms with Crippen LogP contribution >= 0.6 is 0 Å². The Bertz CT molecular complexity index is 909. The molecular formula is C17H21N3O3S. The lowest BCUT2D eigenvalue weighted by molar-refractivity contribution is 0.0942. The number of nitrogens with zero attached hydrogens (tertiary/aromatic N) is 2. The molecule has 0 bridgehead atoms. The number of carbonyl (C=O) groups excluding carboxylic acids is 1. The maximum atomic E-state index is 12.5. The molecule has 1 aliphatic rings. The predicted octanol–water partition coefficient (Wildman–Crippen LogP) is 1.97. The quantitative estimate of drug-likeness (QED) is 0.812. The molecule has 1 aromatic heterocycles. The summed E-state index contributed by atoms with van der Waals surface area (Å²) in [5.74, 6) is -0.132. The van der Waals surface area contributed by atoms with E-state index in [-0.39, 0.29) is 16.8 Å². The number of sulfonamides is 1. The van der Waals surface area contributed by atoms with E-state index in [0.717, 1.165) is 23.7 Å². The lowest BCUT2D eigenvalue weighted by atomic mass is 10.2. The van der Waals surface area contributed by atoms with Crippen LogP contribution in [0.4, 0.5) is 0 Å². The van der Waals surface area contributed by atoms with Gasteiger partial charge in [0.15, 0.2) is 0 Å². The molecule has 1 aromatic carbocycles. The van der Waals surface area contributed by atoms with Crippen molar-refractivity contribution >= 4 is 26.8 Å². The number of hydrogen-bond donors (Lipinski definition) is 1. The Morgan fingerprint density at radius 2 is 2.08 bits per heavy atom. The Morgan fingerprint density at radius 3 is 2.67 bits per heavy atom. The zero-order valence-electron chi connectivity index (χ0n) is 13.8. The average Bonchev–Trinajstić information content (AvgIpc) is 3.27. The fourth-order valence-corrected chi connectivity index (χ4v) is 3.56. The Morgan fingerprint density at radius 1 is 1.38 bits per heavy atom. The number of nitrogens with one attached hydrogen (secondary N) is 1. The first-order valence-electron chi connectivity index (χ1n) is 7.82. The molecule has 0 spiro atoms. The molecule has 6 nitrogen and oxygen atoms in total. The monoisotopic (exact) mass is 347 g/mol. The summed E-state index contributed by atoms with van der Waals surface area (Å²) in [6, 6.07) is 6.92. The van der Waals surface area contributed by atoms with Crippen LogP contribution in [0.1, 0.15) is 23.3 Å². The van der Waals surface area contributed by atoms with Gasteiger partial charge in [-0.15, -0.1) is 6.58 Å². The third kappa shape index (κ3) is 2.97. The van der Waals surface area contributed by atoms with E-state index < -0.39 is 10.0 Å². The van der Waals surface area contributed by atoms with Gasteiger partial charge < -0.3 is 9.88 Å². The van der Waals surface area contributed by atoms with E-state index in [1.807, 2.05) is 4.57 Å². The third-order valence-electron chi connectivity index (χ3n) is 4.11. The summed E-state index contributed by atoms with van der Waals surface area (Å²) in [7, 11) is -0.516. The van der Waals surface area contributed by atoms with Crippen molar-refractivity contribution in [1.29, 1.82) is 0 Å². The number of aromatic nitrogens is 1. The van der Waals surface area contributed by atoms with Gasteiger partial charge in [0.25, 0.3) is 5.91 Å². The first-order valence-corrected chi connectivity index (χ1v) is 9.26. The van der Waals surface area contributed by atoms with Gasteiger partial charge in [-0.1, -0.05) is 6.08 Å². The molecule has 24 heavy (non-hydrogen) atoms. The first-order chi connectivity index (χ1) is 11.3. The third-order valence-corrected chi connectivity index (χ3v) is 5.92. The van der Waals surface area contributed by atoms with Crippen LogP contribution in [-0.4, -0.2) is 43.3 Å². The van der Waals surface area contributed by atoms with Crippen LogP contribution in [0.3, 0.4) is 0 Å². The largest absolute Gasteiger partial charge is 0.348 e. The maximum Gasteiger partial charge on any atom is 0.268 e. The van der Waals surface area contributed by atoms with Crippen LogP contribution in [0.25, 0.3) is 10.9 Å². The standard InChI is InChI=1S/C17H21N3O3S/c1-4-9-20-15-8-7-14(24(22,23)19(2)3)10-12(15)11-16(20)17(21)18-13-5-6-13/h4,7-8,10-11,13H,1,5-6,9H2,2-3H3,(H,18,21). The SMILES string of the molecule is C=CCn1c(C(=O)NC2CC2)cc2cc(S(=O)(=O)N(C)C)ccc21. The Hall–Kier alpha value is -2.12. The van der Waals surface area contributed by atoms with Gasteiger partial charge in [0.2, 0.25) is 10.0 Å². The summed E-state index contributed by atoms with van der Waals surface area (Å²) >= 11 is 0. The Balaban J connectivity index is 2.10. The smallest absolute Gasteiger partial charge is 0.268 e. The van der Waals surface area contributed by atoms with Crippen molar-refractivity contribution in [2.45, 2.75) is 30.3 Å². The molecule has 0 radical (unpaired) electrons. The van der Waals surface area contributed by atoms with Gasteiger partial charge >= 0.3 is 0 Å².